The van der Waals surface area contributed by atoms with Gasteiger partial charge in [-0.15, -0.1) is 32.9 Å². The summed E-state index contributed by atoms with van der Waals surface area (Å²) in [6.07, 6.45) is 0.783. The lowest BCUT2D eigenvalue weighted by molar-refractivity contribution is -0.113. The van der Waals surface area contributed by atoms with Crippen LogP contribution >= 0.6 is 34.4 Å². The smallest absolute Gasteiger partial charge is 0.341 e. The van der Waals surface area contributed by atoms with Crippen molar-refractivity contribution in [3.63, 3.8) is 0 Å². The minimum atomic E-state index is -0.421. The molecule has 0 aliphatic rings. The van der Waals surface area contributed by atoms with E-state index >= 15 is 0 Å². The fraction of sp³-hybridized carbons (Fsp3) is 0.368. The molecule has 0 aliphatic carbocycles. The number of ether oxygens (including phenoxy) is 1. The van der Waals surface area contributed by atoms with E-state index in [1.807, 2.05) is 30.8 Å². The lowest BCUT2D eigenvalue weighted by Gasteiger charge is -2.06. The van der Waals surface area contributed by atoms with E-state index in [0.29, 0.717) is 15.7 Å². The number of amides is 1. The molecule has 10 heteroatoms. The lowest BCUT2D eigenvalue weighted by Crippen LogP contribution is -2.16. The zero-order valence-electron chi connectivity index (χ0n) is 16.6. The first kappa shape index (κ1) is 21.5. The van der Waals surface area contributed by atoms with Gasteiger partial charge in [0.05, 0.1) is 17.9 Å². The van der Waals surface area contributed by atoms with Crippen LogP contribution in [0.2, 0.25) is 0 Å². The maximum Gasteiger partial charge on any atom is 0.341 e. The summed E-state index contributed by atoms with van der Waals surface area (Å²) in [6.45, 7) is 6.09. The molecule has 0 unspecified atom stereocenters. The van der Waals surface area contributed by atoms with Crippen molar-refractivity contribution in [2.75, 3.05) is 17.7 Å². The van der Waals surface area contributed by atoms with Gasteiger partial charge in [-0.05, 0) is 32.4 Å². The Morgan fingerprint density at radius 1 is 1.28 bits per heavy atom. The fourth-order valence-electron chi connectivity index (χ4n) is 2.62. The normalized spacial score (nSPS) is 10.9. The first-order valence-corrected chi connectivity index (χ1v) is 11.8. The van der Waals surface area contributed by atoms with Crippen molar-refractivity contribution in [1.29, 1.82) is 0 Å². The van der Waals surface area contributed by atoms with Crippen molar-refractivity contribution < 1.29 is 14.3 Å². The Labute approximate surface area is 181 Å². The second kappa shape index (κ2) is 9.55. The SMILES string of the molecule is CCOC(=O)c1cc(CC)sc1NC(=O)CSc1nnc(-c2csc(C)c2)n1C. The molecule has 0 aliphatic heterocycles. The number of rotatable bonds is 8. The van der Waals surface area contributed by atoms with Crippen molar-refractivity contribution in [2.24, 2.45) is 7.05 Å². The maximum absolute atomic E-state index is 12.5. The number of aryl methyl sites for hydroxylation is 2. The van der Waals surface area contributed by atoms with Gasteiger partial charge in [-0.3, -0.25) is 4.79 Å². The van der Waals surface area contributed by atoms with Crippen LogP contribution in [-0.4, -0.2) is 39.0 Å². The monoisotopic (exact) mass is 450 g/mol. The number of thioether (sulfide) groups is 1. The Bertz CT molecular complexity index is 1020. The molecule has 0 bridgehead atoms. The molecule has 0 radical (unpaired) electrons. The summed E-state index contributed by atoms with van der Waals surface area (Å²) < 4.78 is 6.97. The number of esters is 1. The van der Waals surface area contributed by atoms with Crippen LogP contribution in [0.4, 0.5) is 5.00 Å². The molecular weight excluding hydrogens is 428 g/mol. The van der Waals surface area contributed by atoms with Crippen molar-refractivity contribution in [3.05, 3.63) is 32.8 Å². The molecule has 3 aromatic heterocycles. The number of carbonyl (C=O) groups is 2. The molecule has 3 aromatic rings. The Kier molecular flexibility index (Phi) is 7.09. The van der Waals surface area contributed by atoms with Crippen LogP contribution in [-0.2, 0) is 23.0 Å². The van der Waals surface area contributed by atoms with Crippen LogP contribution in [0.1, 0.15) is 34.0 Å². The topological polar surface area (TPSA) is 86.1 Å². The largest absolute Gasteiger partial charge is 0.462 e. The average molecular weight is 451 g/mol. The van der Waals surface area contributed by atoms with Gasteiger partial charge >= 0.3 is 5.97 Å². The molecular formula is C19H22N4O3S3. The average Bonchev–Trinajstić information content (AvgIpc) is 3.39. The highest BCUT2D eigenvalue weighted by Gasteiger charge is 2.19. The van der Waals surface area contributed by atoms with Crippen LogP contribution in [0.25, 0.3) is 11.4 Å². The molecule has 0 saturated carbocycles. The van der Waals surface area contributed by atoms with E-state index in [1.54, 1.807) is 24.3 Å². The second-order valence-electron chi connectivity index (χ2n) is 6.18. The lowest BCUT2D eigenvalue weighted by atomic mass is 10.2. The van der Waals surface area contributed by atoms with Gasteiger partial charge in [-0.25, -0.2) is 4.79 Å². The highest BCUT2D eigenvalue weighted by atomic mass is 32.2. The number of hydrogen-bond donors (Lipinski definition) is 1. The number of carbonyl (C=O) groups excluding carboxylic acids is 2. The number of nitrogens with zero attached hydrogens (tertiary/aromatic N) is 3. The van der Waals surface area contributed by atoms with Crippen LogP contribution in [0, 0.1) is 6.92 Å². The summed E-state index contributed by atoms with van der Waals surface area (Å²) in [7, 11) is 1.88. The molecule has 0 spiro atoms. The van der Waals surface area contributed by atoms with E-state index in [2.05, 4.69) is 21.6 Å². The summed E-state index contributed by atoms with van der Waals surface area (Å²) in [5.41, 5.74) is 1.42. The molecule has 154 valence electrons. The Balaban J connectivity index is 1.66. The van der Waals surface area contributed by atoms with Crippen LogP contribution < -0.4 is 5.32 Å². The predicted octanol–water partition coefficient (Wildman–Crippen LogP) is 4.38. The van der Waals surface area contributed by atoms with Gasteiger partial charge in [0.1, 0.15) is 5.00 Å². The summed E-state index contributed by atoms with van der Waals surface area (Å²) >= 11 is 4.36. The van der Waals surface area contributed by atoms with Gasteiger partial charge in [-0.1, -0.05) is 18.7 Å². The summed E-state index contributed by atoms with van der Waals surface area (Å²) in [6, 6.07) is 3.85. The Hall–Kier alpha value is -2.17. The van der Waals surface area contributed by atoms with Crippen LogP contribution in [0.5, 0.6) is 0 Å². The number of aromatic nitrogens is 3. The summed E-state index contributed by atoms with van der Waals surface area (Å²) in [5, 5.41) is 14.5. The molecule has 7 nitrogen and oxygen atoms in total. The highest BCUT2D eigenvalue weighted by Crippen LogP contribution is 2.30. The minimum absolute atomic E-state index is 0.163. The number of thiophene rings is 2. The van der Waals surface area contributed by atoms with Gasteiger partial charge in [0.15, 0.2) is 11.0 Å². The summed E-state index contributed by atoms with van der Waals surface area (Å²) in [4.78, 5) is 26.8. The minimum Gasteiger partial charge on any atom is -0.462 e. The van der Waals surface area contributed by atoms with Crippen molar-refractivity contribution in [1.82, 2.24) is 14.8 Å². The molecule has 3 rings (SSSR count). The van der Waals surface area contributed by atoms with E-state index in [-0.39, 0.29) is 18.3 Å². The molecule has 1 amide bonds. The zero-order chi connectivity index (χ0) is 21.0. The standard InChI is InChI=1S/C19H22N4O3S3/c1-5-13-8-14(18(25)26-6-2)17(29-13)20-15(24)10-28-19-22-21-16(23(19)4)12-7-11(3)27-9-12/h7-9H,5-6,10H2,1-4H3,(H,20,24). The van der Waals surface area contributed by atoms with E-state index in [4.69, 9.17) is 4.74 Å². The van der Waals surface area contributed by atoms with Gasteiger partial charge < -0.3 is 14.6 Å². The van der Waals surface area contributed by atoms with Crippen LogP contribution in [0.3, 0.4) is 0 Å². The van der Waals surface area contributed by atoms with Crippen molar-refractivity contribution in [3.8, 4) is 11.4 Å². The predicted molar refractivity (Wildman–Crippen MR) is 118 cm³/mol. The molecule has 0 saturated heterocycles. The van der Waals surface area contributed by atoms with E-state index in [1.165, 1.54) is 28.0 Å². The maximum atomic E-state index is 12.5. The molecule has 1 N–H and O–H groups in total. The molecule has 0 aromatic carbocycles. The molecule has 29 heavy (non-hydrogen) atoms. The van der Waals surface area contributed by atoms with Crippen molar-refractivity contribution >= 4 is 51.3 Å². The summed E-state index contributed by atoms with van der Waals surface area (Å²) in [5.74, 6) is 0.306. The third-order valence-corrected chi connectivity index (χ3v) is 7.11. The molecule has 3 heterocycles. The van der Waals surface area contributed by atoms with Gasteiger partial charge in [0.2, 0.25) is 5.91 Å². The number of hydrogen-bond acceptors (Lipinski definition) is 8. The van der Waals surface area contributed by atoms with Crippen molar-refractivity contribution in [2.45, 2.75) is 32.3 Å². The van der Waals surface area contributed by atoms with E-state index < -0.39 is 5.97 Å². The fourth-order valence-corrected chi connectivity index (χ4v) is 5.01. The number of nitrogens with one attached hydrogen (secondary N) is 1. The van der Waals surface area contributed by atoms with E-state index in [9.17, 15) is 9.59 Å². The number of anilines is 1. The third kappa shape index (κ3) is 5.06. The Morgan fingerprint density at radius 2 is 2.07 bits per heavy atom. The molecule has 0 fully saturated rings. The first-order valence-electron chi connectivity index (χ1n) is 9.10. The molecule has 0 atom stereocenters. The van der Waals surface area contributed by atoms with Gasteiger partial charge in [-0.2, -0.15) is 0 Å². The quantitative estimate of drug-likeness (QED) is 0.405. The van der Waals surface area contributed by atoms with Crippen LogP contribution in [0.15, 0.2) is 22.7 Å². The van der Waals surface area contributed by atoms with Gasteiger partial charge in [0, 0.05) is 27.7 Å². The van der Waals surface area contributed by atoms with E-state index in [0.717, 1.165) is 22.7 Å². The zero-order valence-corrected chi connectivity index (χ0v) is 19.1. The first-order chi connectivity index (χ1) is 13.9. The Morgan fingerprint density at radius 3 is 2.72 bits per heavy atom. The van der Waals surface area contributed by atoms with Gasteiger partial charge in [0.25, 0.3) is 0 Å². The second-order valence-corrected chi connectivity index (χ2v) is 9.37. The highest BCUT2D eigenvalue weighted by molar-refractivity contribution is 7.99. The third-order valence-electron chi connectivity index (χ3n) is 4.04.